The van der Waals surface area contributed by atoms with E-state index in [1.807, 2.05) is 23.2 Å². The van der Waals surface area contributed by atoms with Crippen LogP contribution in [0.2, 0.25) is 0 Å². The smallest absolute Gasteiger partial charge is 0.252 e. The van der Waals surface area contributed by atoms with Crippen molar-refractivity contribution >= 4 is 29.0 Å². The third-order valence-electron chi connectivity index (χ3n) is 3.36. The van der Waals surface area contributed by atoms with Crippen molar-refractivity contribution in [3.8, 4) is 11.8 Å². The molecule has 108 valence electrons. The van der Waals surface area contributed by atoms with Crippen LogP contribution in [0, 0.1) is 11.8 Å². The number of aliphatic hydroxyl groups is 1. The molecule has 2 atom stereocenters. The van der Waals surface area contributed by atoms with E-state index in [0.29, 0.717) is 23.3 Å². The molecule has 1 aliphatic rings. The molecule has 3 nitrogen and oxygen atoms in total. The average molecular weight is 309 g/mol. The normalized spacial score (nSPS) is 21.3. The molecule has 0 saturated heterocycles. The van der Waals surface area contributed by atoms with Gasteiger partial charge >= 0.3 is 0 Å². The van der Waals surface area contributed by atoms with E-state index in [2.05, 4.69) is 23.4 Å². The number of hydrogen-bond donors (Lipinski definition) is 2. The van der Waals surface area contributed by atoms with Crippen molar-refractivity contribution in [3.05, 3.63) is 21.9 Å². The number of hydrogen-bond acceptors (Lipinski definition) is 4. The van der Waals surface area contributed by atoms with Crippen LogP contribution in [0.3, 0.4) is 0 Å². The van der Waals surface area contributed by atoms with Gasteiger partial charge in [0.15, 0.2) is 0 Å². The molecule has 2 rings (SSSR count). The van der Waals surface area contributed by atoms with Gasteiger partial charge in [0.05, 0.1) is 17.0 Å². The van der Waals surface area contributed by atoms with Crippen LogP contribution in [-0.2, 0) is 0 Å². The molecule has 0 aliphatic heterocycles. The first-order valence-electron chi connectivity index (χ1n) is 6.75. The third kappa shape index (κ3) is 4.27. The maximum atomic E-state index is 12.1. The lowest BCUT2D eigenvalue weighted by molar-refractivity contribution is 0.0938. The largest absolute Gasteiger partial charge is 0.395 e. The Labute approximate surface area is 128 Å². The van der Waals surface area contributed by atoms with E-state index in [0.717, 1.165) is 17.7 Å². The molecular weight excluding hydrogens is 290 g/mol. The van der Waals surface area contributed by atoms with Gasteiger partial charge in [-0.05, 0) is 31.6 Å². The number of carbonyl (C=O) groups excluding carboxylic acids is 1. The molecule has 1 amide bonds. The lowest BCUT2D eigenvalue weighted by Gasteiger charge is -2.11. The second-order valence-electron chi connectivity index (χ2n) is 4.82. The molecule has 5 heteroatoms. The molecule has 0 radical (unpaired) electrons. The van der Waals surface area contributed by atoms with Crippen LogP contribution in [0.1, 0.15) is 40.9 Å². The van der Waals surface area contributed by atoms with Crippen molar-refractivity contribution in [2.75, 3.05) is 12.9 Å². The zero-order chi connectivity index (χ0) is 14.4. The minimum atomic E-state index is 0.00297. The maximum Gasteiger partial charge on any atom is 0.252 e. The Kier molecular flexibility index (Phi) is 5.96. The van der Waals surface area contributed by atoms with Gasteiger partial charge in [-0.15, -0.1) is 11.3 Å². The quantitative estimate of drug-likeness (QED) is 0.840. The molecule has 1 aliphatic carbocycles. The summed E-state index contributed by atoms with van der Waals surface area (Å²) in [7, 11) is 0. The van der Waals surface area contributed by atoms with Crippen LogP contribution in [0.25, 0.3) is 0 Å². The highest BCUT2D eigenvalue weighted by Gasteiger charge is 2.25. The summed E-state index contributed by atoms with van der Waals surface area (Å²) in [6, 6.07) is 2.13. The number of aliphatic hydroxyl groups excluding tert-OH is 1. The van der Waals surface area contributed by atoms with Gasteiger partial charge in [-0.25, -0.2) is 0 Å². The molecule has 1 heterocycles. The van der Waals surface area contributed by atoms with Gasteiger partial charge in [0.2, 0.25) is 0 Å². The molecular formula is C15H19NO2S2. The minimum absolute atomic E-state index is 0.00297. The molecule has 1 fully saturated rings. The molecule has 1 aromatic heterocycles. The highest BCUT2D eigenvalue weighted by molar-refractivity contribution is 7.99. The first-order chi connectivity index (χ1) is 9.72. The lowest BCUT2D eigenvalue weighted by Crippen LogP contribution is -2.32. The van der Waals surface area contributed by atoms with Crippen molar-refractivity contribution in [1.82, 2.24) is 5.32 Å². The van der Waals surface area contributed by atoms with E-state index in [1.165, 1.54) is 17.8 Å². The highest BCUT2D eigenvalue weighted by Crippen LogP contribution is 2.28. The molecule has 0 aromatic carbocycles. The Balaban J connectivity index is 1.89. The second kappa shape index (κ2) is 7.72. The topological polar surface area (TPSA) is 49.3 Å². The summed E-state index contributed by atoms with van der Waals surface area (Å²) in [6.07, 6.45) is 5.93. The number of rotatable bonds is 4. The molecule has 0 bridgehead atoms. The SMILES string of the molecule is CSC1CCC(NC(=O)c2csc(C#CCCO)c2)C1. The van der Waals surface area contributed by atoms with Crippen molar-refractivity contribution in [3.63, 3.8) is 0 Å². The Morgan fingerprint density at radius 2 is 2.45 bits per heavy atom. The van der Waals surface area contributed by atoms with E-state index in [-0.39, 0.29) is 12.5 Å². The van der Waals surface area contributed by atoms with Gasteiger partial charge in [0.25, 0.3) is 5.91 Å². The molecule has 1 saturated carbocycles. The first kappa shape index (κ1) is 15.4. The summed E-state index contributed by atoms with van der Waals surface area (Å²) in [5.41, 5.74) is 0.691. The zero-order valence-electron chi connectivity index (χ0n) is 11.5. The summed E-state index contributed by atoms with van der Waals surface area (Å²) in [5, 5.41) is 14.3. The van der Waals surface area contributed by atoms with E-state index in [9.17, 15) is 4.79 Å². The standard InChI is InChI=1S/C15H19NO2S2/c1-19-13-6-5-12(9-13)16-15(18)11-8-14(20-10-11)4-2-3-7-17/h8,10,12-13,17H,3,5-7,9H2,1H3,(H,16,18). The van der Waals surface area contributed by atoms with Crippen molar-refractivity contribution < 1.29 is 9.90 Å². The Hall–Kier alpha value is -0.960. The number of carbonyl (C=O) groups is 1. The van der Waals surface area contributed by atoms with Crippen LogP contribution in [-0.4, -0.2) is 35.2 Å². The molecule has 2 N–H and O–H groups in total. The monoisotopic (exact) mass is 309 g/mol. The summed E-state index contributed by atoms with van der Waals surface area (Å²) in [4.78, 5) is 13.0. The van der Waals surface area contributed by atoms with Crippen LogP contribution < -0.4 is 5.32 Å². The average Bonchev–Trinajstić information content (AvgIpc) is 3.08. The van der Waals surface area contributed by atoms with Crippen LogP contribution in [0.5, 0.6) is 0 Å². The summed E-state index contributed by atoms with van der Waals surface area (Å²) >= 11 is 3.36. The number of nitrogens with one attached hydrogen (secondary N) is 1. The maximum absolute atomic E-state index is 12.1. The van der Waals surface area contributed by atoms with Crippen LogP contribution in [0.4, 0.5) is 0 Å². The fourth-order valence-electron chi connectivity index (χ4n) is 2.28. The summed E-state index contributed by atoms with van der Waals surface area (Å²) in [5.74, 6) is 5.82. The van der Waals surface area contributed by atoms with Gasteiger partial charge in [0.1, 0.15) is 0 Å². The minimum Gasteiger partial charge on any atom is -0.395 e. The van der Waals surface area contributed by atoms with E-state index in [1.54, 1.807) is 0 Å². The van der Waals surface area contributed by atoms with Gasteiger partial charge in [-0.1, -0.05) is 11.8 Å². The van der Waals surface area contributed by atoms with Crippen molar-refractivity contribution in [2.45, 2.75) is 37.0 Å². The predicted octanol–water partition coefficient (Wildman–Crippen LogP) is 2.50. The summed E-state index contributed by atoms with van der Waals surface area (Å²) < 4.78 is 0. The van der Waals surface area contributed by atoms with Crippen molar-refractivity contribution in [2.24, 2.45) is 0 Å². The molecule has 0 spiro atoms. The van der Waals surface area contributed by atoms with Crippen molar-refractivity contribution in [1.29, 1.82) is 0 Å². The van der Waals surface area contributed by atoms with E-state index >= 15 is 0 Å². The summed E-state index contributed by atoms with van der Waals surface area (Å²) in [6.45, 7) is 0.0734. The van der Waals surface area contributed by atoms with Crippen LogP contribution >= 0.6 is 23.1 Å². The fraction of sp³-hybridized carbons (Fsp3) is 0.533. The number of thioether (sulfide) groups is 1. The second-order valence-corrected chi connectivity index (χ2v) is 6.87. The lowest BCUT2D eigenvalue weighted by atomic mass is 10.2. The Bertz CT molecular complexity index is 515. The fourth-order valence-corrected chi connectivity index (χ4v) is 3.83. The Morgan fingerprint density at radius 1 is 1.60 bits per heavy atom. The molecule has 1 aromatic rings. The van der Waals surface area contributed by atoms with Gasteiger partial charge in [-0.2, -0.15) is 11.8 Å². The van der Waals surface area contributed by atoms with Crippen LogP contribution in [0.15, 0.2) is 11.4 Å². The first-order valence-corrected chi connectivity index (χ1v) is 8.91. The van der Waals surface area contributed by atoms with Gasteiger partial charge in [0, 0.05) is 23.1 Å². The van der Waals surface area contributed by atoms with E-state index < -0.39 is 0 Å². The van der Waals surface area contributed by atoms with E-state index in [4.69, 9.17) is 5.11 Å². The number of thiophene rings is 1. The van der Waals surface area contributed by atoms with Gasteiger partial charge < -0.3 is 10.4 Å². The number of amides is 1. The molecule has 2 unspecified atom stereocenters. The van der Waals surface area contributed by atoms with Gasteiger partial charge in [-0.3, -0.25) is 4.79 Å². The predicted molar refractivity (Wildman–Crippen MR) is 85.3 cm³/mol. The zero-order valence-corrected chi connectivity index (χ0v) is 13.1. The third-order valence-corrected chi connectivity index (χ3v) is 5.30. The highest BCUT2D eigenvalue weighted by atomic mass is 32.2. The molecule has 20 heavy (non-hydrogen) atoms. The Morgan fingerprint density at radius 3 is 3.15 bits per heavy atom.